The molecule has 0 aliphatic heterocycles. The van der Waals surface area contributed by atoms with E-state index < -0.39 is 0 Å². The molecule has 2 N–H and O–H groups in total. The van der Waals surface area contributed by atoms with E-state index in [0.717, 1.165) is 25.0 Å². The molecule has 3 aromatic heterocycles. The number of nitrogens with two attached hydrogens (primary N) is 1. The van der Waals surface area contributed by atoms with Crippen LogP contribution in [0.3, 0.4) is 0 Å². The summed E-state index contributed by atoms with van der Waals surface area (Å²) in [7, 11) is 0. The minimum atomic E-state index is -0.202. The molecule has 0 bridgehead atoms. The van der Waals surface area contributed by atoms with Crippen molar-refractivity contribution in [1.82, 2.24) is 19.5 Å². The standard InChI is InChI=1S/C21H21N5O2/c1-14-10-11-16(28-14)18-19-20(25-21(22)24-18)26(17(27)13-23-19)12-6-5-9-15-7-3-2-4-8-15/h2-4,7-8,10-11,13H,5-6,9,12H2,1H3,(H2,22,24,25). The van der Waals surface area contributed by atoms with E-state index >= 15 is 0 Å². The van der Waals surface area contributed by atoms with Crippen LogP contribution in [0.5, 0.6) is 0 Å². The van der Waals surface area contributed by atoms with Crippen LogP contribution in [0.2, 0.25) is 0 Å². The number of unbranched alkanes of at least 4 members (excludes halogenated alkanes) is 1. The molecule has 0 amide bonds. The SMILES string of the molecule is Cc1ccc(-c2nc(N)nc3c2ncc(=O)n3CCCCc2ccccc2)o1. The molecule has 0 aliphatic rings. The molecule has 0 saturated heterocycles. The topological polar surface area (TPSA) is 99.8 Å². The number of anilines is 1. The van der Waals surface area contributed by atoms with E-state index in [2.05, 4.69) is 27.1 Å². The Bertz CT molecular complexity index is 1160. The molecule has 0 spiro atoms. The maximum Gasteiger partial charge on any atom is 0.270 e. The third kappa shape index (κ3) is 3.64. The number of rotatable bonds is 6. The van der Waals surface area contributed by atoms with Gasteiger partial charge in [0.05, 0.1) is 6.20 Å². The molecule has 0 aliphatic carbocycles. The summed E-state index contributed by atoms with van der Waals surface area (Å²) in [6.07, 6.45) is 4.07. The number of aromatic nitrogens is 4. The van der Waals surface area contributed by atoms with Crippen LogP contribution in [0, 0.1) is 6.92 Å². The van der Waals surface area contributed by atoms with Crippen molar-refractivity contribution in [2.24, 2.45) is 0 Å². The maximum atomic E-state index is 12.4. The van der Waals surface area contributed by atoms with E-state index in [4.69, 9.17) is 10.2 Å². The molecule has 1 aromatic carbocycles. The maximum absolute atomic E-state index is 12.4. The number of hydrogen-bond donors (Lipinski definition) is 1. The third-order valence-electron chi connectivity index (χ3n) is 4.62. The molecular weight excluding hydrogens is 354 g/mol. The smallest absolute Gasteiger partial charge is 0.270 e. The molecule has 4 aromatic rings. The van der Waals surface area contributed by atoms with E-state index in [1.807, 2.05) is 37.3 Å². The van der Waals surface area contributed by atoms with Gasteiger partial charge in [0, 0.05) is 6.54 Å². The van der Waals surface area contributed by atoms with Gasteiger partial charge in [-0.2, -0.15) is 4.98 Å². The first-order valence-corrected chi connectivity index (χ1v) is 9.25. The van der Waals surface area contributed by atoms with Crippen LogP contribution in [0.25, 0.3) is 22.6 Å². The number of benzene rings is 1. The zero-order valence-corrected chi connectivity index (χ0v) is 15.6. The summed E-state index contributed by atoms with van der Waals surface area (Å²) in [6, 6.07) is 14.0. The summed E-state index contributed by atoms with van der Waals surface area (Å²) in [5.41, 5.74) is 8.43. The van der Waals surface area contributed by atoms with Crippen LogP contribution >= 0.6 is 0 Å². The van der Waals surface area contributed by atoms with E-state index in [1.165, 1.54) is 11.8 Å². The fourth-order valence-corrected chi connectivity index (χ4v) is 3.25. The highest BCUT2D eigenvalue weighted by Gasteiger charge is 2.16. The minimum absolute atomic E-state index is 0.0852. The third-order valence-corrected chi connectivity index (χ3v) is 4.62. The first kappa shape index (κ1) is 17.9. The van der Waals surface area contributed by atoms with Gasteiger partial charge in [0.2, 0.25) is 5.95 Å². The average Bonchev–Trinajstić information content (AvgIpc) is 3.13. The predicted molar refractivity (Wildman–Crippen MR) is 108 cm³/mol. The van der Waals surface area contributed by atoms with E-state index in [9.17, 15) is 4.79 Å². The Morgan fingerprint density at radius 2 is 1.89 bits per heavy atom. The molecule has 0 saturated carbocycles. The first-order chi connectivity index (χ1) is 13.6. The van der Waals surface area contributed by atoms with Gasteiger partial charge in [-0.25, -0.2) is 9.97 Å². The van der Waals surface area contributed by atoms with Crippen molar-refractivity contribution in [2.75, 3.05) is 5.73 Å². The van der Waals surface area contributed by atoms with Gasteiger partial charge in [-0.3, -0.25) is 9.36 Å². The average molecular weight is 375 g/mol. The summed E-state index contributed by atoms with van der Waals surface area (Å²) in [5.74, 6) is 1.40. The number of nitrogens with zero attached hydrogens (tertiary/aromatic N) is 4. The van der Waals surface area contributed by atoms with Gasteiger partial charge in [0.25, 0.3) is 5.56 Å². The van der Waals surface area contributed by atoms with Crippen LogP contribution < -0.4 is 11.3 Å². The molecule has 0 unspecified atom stereocenters. The quantitative estimate of drug-likeness (QED) is 0.519. The summed E-state index contributed by atoms with van der Waals surface area (Å²) >= 11 is 0. The molecule has 7 heteroatoms. The number of hydrogen-bond acceptors (Lipinski definition) is 6. The molecule has 28 heavy (non-hydrogen) atoms. The van der Waals surface area contributed by atoms with Gasteiger partial charge in [0.15, 0.2) is 11.4 Å². The van der Waals surface area contributed by atoms with Gasteiger partial charge in [-0.15, -0.1) is 0 Å². The second-order valence-electron chi connectivity index (χ2n) is 6.70. The molecular formula is C21H21N5O2. The van der Waals surface area contributed by atoms with Crippen LogP contribution in [0.15, 0.2) is 57.9 Å². The molecule has 142 valence electrons. The Balaban J connectivity index is 1.63. The van der Waals surface area contributed by atoms with Crippen molar-refractivity contribution in [2.45, 2.75) is 32.7 Å². The Hall–Kier alpha value is -3.48. The number of aryl methyl sites for hydroxylation is 3. The molecule has 0 atom stereocenters. The highest BCUT2D eigenvalue weighted by Crippen LogP contribution is 2.26. The Kier molecular flexibility index (Phi) is 4.89. The highest BCUT2D eigenvalue weighted by atomic mass is 16.3. The lowest BCUT2D eigenvalue weighted by molar-refractivity contribution is 0.546. The molecule has 3 heterocycles. The minimum Gasteiger partial charge on any atom is -0.460 e. The van der Waals surface area contributed by atoms with E-state index in [-0.39, 0.29) is 11.5 Å². The Morgan fingerprint density at radius 3 is 2.64 bits per heavy atom. The fraction of sp³-hybridized carbons (Fsp3) is 0.238. The summed E-state index contributed by atoms with van der Waals surface area (Å²) < 4.78 is 7.29. The van der Waals surface area contributed by atoms with Gasteiger partial charge >= 0.3 is 0 Å². The van der Waals surface area contributed by atoms with Gasteiger partial charge in [-0.1, -0.05) is 30.3 Å². The zero-order chi connectivity index (χ0) is 19.5. The van der Waals surface area contributed by atoms with E-state index in [1.54, 1.807) is 4.57 Å². The number of fused-ring (bicyclic) bond motifs is 1. The normalized spacial score (nSPS) is 11.2. The lowest BCUT2D eigenvalue weighted by Gasteiger charge is -2.11. The lowest BCUT2D eigenvalue weighted by atomic mass is 10.1. The monoisotopic (exact) mass is 375 g/mol. The summed E-state index contributed by atoms with van der Waals surface area (Å²) in [4.78, 5) is 25.3. The van der Waals surface area contributed by atoms with Crippen molar-refractivity contribution >= 4 is 17.1 Å². The van der Waals surface area contributed by atoms with Crippen LogP contribution in [-0.2, 0) is 13.0 Å². The summed E-state index contributed by atoms with van der Waals surface area (Å²) in [5, 5.41) is 0. The number of furan rings is 1. The Labute approximate surface area is 161 Å². The highest BCUT2D eigenvalue weighted by molar-refractivity contribution is 5.86. The summed E-state index contributed by atoms with van der Waals surface area (Å²) in [6.45, 7) is 2.39. The van der Waals surface area contributed by atoms with Crippen LogP contribution in [0.4, 0.5) is 5.95 Å². The van der Waals surface area contributed by atoms with Gasteiger partial charge in [0.1, 0.15) is 17.0 Å². The van der Waals surface area contributed by atoms with Crippen molar-refractivity contribution < 1.29 is 4.42 Å². The lowest BCUT2D eigenvalue weighted by Crippen LogP contribution is -2.22. The van der Waals surface area contributed by atoms with Crippen molar-refractivity contribution in [3.05, 3.63) is 70.3 Å². The van der Waals surface area contributed by atoms with E-state index in [0.29, 0.717) is 29.2 Å². The predicted octanol–water partition coefficient (Wildman–Crippen LogP) is 3.36. The second kappa shape index (κ2) is 7.64. The number of nitrogen functional groups attached to an aromatic ring is 1. The van der Waals surface area contributed by atoms with Crippen LogP contribution in [0.1, 0.15) is 24.2 Å². The molecule has 0 fully saturated rings. The van der Waals surface area contributed by atoms with Crippen molar-refractivity contribution in [1.29, 1.82) is 0 Å². The van der Waals surface area contributed by atoms with Gasteiger partial charge < -0.3 is 10.2 Å². The molecule has 7 nitrogen and oxygen atoms in total. The Morgan fingerprint density at radius 1 is 1.07 bits per heavy atom. The van der Waals surface area contributed by atoms with Crippen LogP contribution in [-0.4, -0.2) is 19.5 Å². The van der Waals surface area contributed by atoms with Crippen molar-refractivity contribution in [3.8, 4) is 11.5 Å². The zero-order valence-electron chi connectivity index (χ0n) is 15.6. The largest absolute Gasteiger partial charge is 0.460 e. The first-order valence-electron chi connectivity index (χ1n) is 9.25. The second-order valence-corrected chi connectivity index (χ2v) is 6.70. The van der Waals surface area contributed by atoms with Crippen molar-refractivity contribution in [3.63, 3.8) is 0 Å². The molecule has 0 radical (unpaired) electrons. The molecule has 4 rings (SSSR count). The fourth-order valence-electron chi connectivity index (χ4n) is 3.25. The van der Waals surface area contributed by atoms with Gasteiger partial charge in [-0.05, 0) is 43.9 Å².